The average Bonchev–Trinajstić information content (AvgIpc) is 2.36. The molecule has 0 aromatic rings. The maximum Gasteiger partial charge on any atom is 3.00 e. The molecule has 22 heavy (non-hydrogen) atoms. The molecule has 0 atom stereocenters. The van der Waals surface area contributed by atoms with Gasteiger partial charge in [0.15, 0.2) is 0 Å². The van der Waals surface area contributed by atoms with Crippen molar-refractivity contribution in [3.63, 3.8) is 0 Å². The molecule has 130 valence electrons. The molecule has 0 N–H and O–H groups in total. The topological polar surface area (TPSA) is 258 Å². The van der Waals surface area contributed by atoms with Crippen LogP contribution in [0.1, 0.15) is 0 Å². The molecule has 18 heteroatoms. The zero-order valence-electron chi connectivity index (χ0n) is 10.2. The zero-order chi connectivity index (χ0) is 18.7. The Morgan fingerprint density at radius 3 is 0.409 bits per heavy atom. The molecule has 0 aliphatic heterocycles. The van der Waals surface area contributed by atoms with Crippen molar-refractivity contribution in [1.82, 2.24) is 0 Å². The van der Waals surface area contributed by atoms with Crippen LogP contribution in [-0.4, -0.2) is 27.2 Å². The molecule has 0 heterocycles. The summed E-state index contributed by atoms with van der Waals surface area (Å²) in [5, 5.41) is 0. The van der Waals surface area contributed by atoms with Gasteiger partial charge in [-0.05, 0) is 0 Å². The molecule has 0 amide bonds. The van der Waals surface area contributed by atoms with Crippen molar-refractivity contribution in [3.8, 4) is 0 Å². The number of carbonyl (C=O) groups excluding carboxylic acids is 4. The minimum Gasteiger partial charge on any atom is -0.598 e. The van der Waals surface area contributed by atoms with Crippen LogP contribution in [0.15, 0.2) is 0 Å². The van der Waals surface area contributed by atoms with E-state index in [0.29, 0.717) is 0 Å². The summed E-state index contributed by atoms with van der Waals surface area (Å²) < 4.78 is 25.4. The average molecular weight is 469 g/mol. The smallest absolute Gasteiger partial charge is 0.598 e. The van der Waals surface area contributed by atoms with E-state index in [1.54, 1.807) is 0 Å². The van der Waals surface area contributed by atoms with Crippen molar-refractivity contribution in [2.45, 2.75) is 0 Å². The van der Waals surface area contributed by atoms with Crippen LogP contribution in [0.3, 0.4) is 0 Å². The number of hydrogen-bond donors (Lipinski definition) is 0. The van der Waals surface area contributed by atoms with Gasteiger partial charge in [-0.2, -0.15) is 0 Å². The first kappa shape index (κ1) is 57.6. The summed E-state index contributed by atoms with van der Waals surface area (Å²) in [5.41, 5.74) is 0. The molecule has 0 aliphatic rings. The van der Waals surface area contributed by atoms with Gasteiger partial charge in [-0.25, -0.2) is 0 Å². The third-order valence-electron chi connectivity index (χ3n) is 0. The molecule has 0 saturated heterocycles. The second-order valence-electron chi connectivity index (χ2n) is 0.671. The molecule has 2 radical (unpaired) electrons. The fourth-order valence-electron chi connectivity index (χ4n) is 0. The van der Waals surface area contributed by atoms with Gasteiger partial charge in [0, 0.05) is 0 Å². The van der Waals surface area contributed by atoms with E-state index in [1.165, 1.54) is 0 Å². The molecule has 0 aromatic carbocycles. The summed E-state index contributed by atoms with van der Waals surface area (Å²) in [4.78, 5) is 82.9. The Bertz CT molecular complexity index is 171. The van der Waals surface area contributed by atoms with E-state index < -0.39 is 24.8 Å². The first-order chi connectivity index (χ1) is 9.20. The van der Waals surface area contributed by atoms with Crippen molar-refractivity contribution in [1.29, 1.82) is 0 Å². The fraction of sp³-hybridized carbons (Fsp3) is 0. The van der Waals surface area contributed by atoms with Gasteiger partial charge in [-0.3, -0.25) is 0 Å². The van der Waals surface area contributed by atoms with E-state index >= 15 is 0 Å². The number of carbonyl (C=O) groups is 4. The Kier molecular flexibility index (Phi) is 276. The Labute approximate surface area is 148 Å². The van der Waals surface area contributed by atoms with Crippen molar-refractivity contribution in [3.05, 3.63) is 0 Å². The van der Waals surface area contributed by atoms with Crippen molar-refractivity contribution < 1.29 is 96.4 Å². The van der Waals surface area contributed by atoms with Gasteiger partial charge in [-0.1, -0.05) is 13.7 Å². The van der Waals surface area contributed by atoms with Crippen LogP contribution in [0.4, 0.5) is 0 Å². The summed E-state index contributed by atoms with van der Waals surface area (Å²) in [7, 11) is -10.1. The van der Waals surface area contributed by atoms with Gasteiger partial charge in [0.2, 0.25) is 0 Å². The summed E-state index contributed by atoms with van der Waals surface area (Å²) in [6.45, 7) is 8.00. The third-order valence-corrected chi connectivity index (χ3v) is 0. The molecule has 0 aromatic heterocycles. The monoisotopic (exact) mass is 469 g/mol. The molecule has 0 fully saturated rings. The maximum atomic E-state index is 8.48. The van der Waals surface area contributed by atoms with Gasteiger partial charge in [0.1, 0.15) is 27.2 Å². The standard InChI is InChI=1S/4CH2O.2Fe.3HO3P/c4*1-2;;;3*1-4(2)3/h4*1H2;;;3*(H,1,2,3)/q;;;;2*+3;;;/p-3. The first-order valence-corrected chi connectivity index (χ1v) is 6.08. The van der Waals surface area contributed by atoms with E-state index in [1.807, 2.05) is 27.2 Å². The first-order valence-electron chi connectivity index (χ1n) is 2.80. The summed E-state index contributed by atoms with van der Waals surface area (Å²) in [5.74, 6) is 0. The van der Waals surface area contributed by atoms with E-state index in [9.17, 15) is 0 Å². The minimum atomic E-state index is -3.37. The number of hydrogen-bond acceptors (Lipinski definition) is 13. The van der Waals surface area contributed by atoms with E-state index in [4.69, 9.17) is 62.2 Å². The third kappa shape index (κ3) is 143000. The quantitative estimate of drug-likeness (QED) is 0.237. The van der Waals surface area contributed by atoms with E-state index in [2.05, 4.69) is 0 Å². The van der Waals surface area contributed by atoms with E-state index in [-0.39, 0.29) is 34.1 Å². The molecule has 0 unspecified atom stereocenters. The molecule has 13 nitrogen and oxygen atoms in total. The normalized spacial score (nSPS) is 4.27. The molecule has 0 saturated carbocycles. The molecule has 0 rings (SSSR count). The fourth-order valence-corrected chi connectivity index (χ4v) is 0. The van der Waals surface area contributed by atoms with Crippen molar-refractivity contribution >= 4 is 51.9 Å². The van der Waals surface area contributed by atoms with Crippen molar-refractivity contribution in [2.75, 3.05) is 0 Å². The van der Waals surface area contributed by atoms with Crippen molar-refractivity contribution in [2.24, 2.45) is 0 Å². The Hall–Kier alpha value is -0.221. The Morgan fingerprint density at radius 1 is 0.409 bits per heavy atom. The molecular weight excluding hydrogens is 461 g/mol. The van der Waals surface area contributed by atoms with Crippen LogP contribution < -0.4 is 29.4 Å². The summed E-state index contributed by atoms with van der Waals surface area (Å²) >= 11 is 0. The van der Waals surface area contributed by atoms with Crippen LogP contribution >= 0.6 is 24.8 Å². The maximum absolute atomic E-state index is 8.48. The second kappa shape index (κ2) is 105. The van der Waals surface area contributed by atoms with Crippen LogP contribution in [0.5, 0.6) is 0 Å². The minimum absolute atomic E-state index is 0. The predicted molar refractivity (Wildman–Crippen MR) is 51.3 cm³/mol. The second-order valence-corrected chi connectivity index (χ2v) is 2.01. The van der Waals surface area contributed by atoms with Crippen LogP contribution in [0, 0.1) is 0 Å². The molecule has 0 spiro atoms. The predicted octanol–water partition coefficient (Wildman–Crippen LogP) is -5.65. The molecular formula is C4H8Fe2O13P3+3. The van der Waals surface area contributed by atoms with E-state index in [0.717, 1.165) is 0 Å². The molecule has 0 aliphatic carbocycles. The zero-order valence-corrected chi connectivity index (χ0v) is 15.1. The van der Waals surface area contributed by atoms with Gasteiger partial charge in [0.25, 0.3) is 24.8 Å². The van der Waals surface area contributed by atoms with Gasteiger partial charge < -0.3 is 48.5 Å². The van der Waals surface area contributed by atoms with Gasteiger partial charge in [0.05, 0.1) is 0 Å². The Morgan fingerprint density at radius 2 is 0.409 bits per heavy atom. The largest absolute Gasteiger partial charge is 3.00 e. The van der Waals surface area contributed by atoms with Gasteiger partial charge >= 0.3 is 34.1 Å². The SMILES string of the molecule is C=O.C=O.C=O.C=O.O=[P+]([O-])[O-].O=[P+]([O-])[O-].O=[P+]([O-])[O-].[Fe+3].[Fe+3]. The van der Waals surface area contributed by atoms with Crippen LogP contribution in [-0.2, 0) is 67.0 Å². The van der Waals surface area contributed by atoms with Crippen LogP contribution in [0.2, 0.25) is 0 Å². The number of rotatable bonds is 0. The summed E-state index contributed by atoms with van der Waals surface area (Å²) in [6, 6.07) is 0. The van der Waals surface area contributed by atoms with Crippen LogP contribution in [0.25, 0.3) is 0 Å². The molecule has 0 bridgehead atoms. The Balaban J connectivity index is -0.0000000130. The summed E-state index contributed by atoms with van der Waals surface area (Å²) in [6.07, 6.45) is 0. The van der Waals surface area contributed by atoms with Gasteiger partial charge in [-0.15, -0.1) is 0 Å².